The first kappa shape index (κ1) is 18.9. The largest absolute Gasteiger partial charge is 0.447 e. The fourth-order valence-electron chi connectivity index (χ4n) is 2.72. The van der Waals surface area contributed by atoms with Crippen LogP contribution in [0.15, 0.2) is 67.0 Å². The summed E-state index contributed by atoms with van der Waals surface area (Å²) in [7, 11) is 0. The van der Waals surface area contributed by atoms with Gasteiger partial charge in [-0.1, -0.05) is 42.5 Å². The van der Waals surface area contributed by atoms with Crippen molar-refractivity contribution in [3.63, 3.8) is 0 Å². The maximum Gasteiger partial charge on any atom is 0.303 e. The van der Waals surface area contributed by atoms with Crippen LogP contribution in [0.25, 0.3) is 0 Å². The topological polar surface area (TPSA) is 97.0 Å². The fourth-order valence-corrected chi connectivity index (χ4v) is 2.72. The van der Waals surface area contributed by atoms with Crippen LogP contribution < -0.4 is 5.32 Å². The first-order valence-electron chi connectivity index (χ1n) is 8.59. The second-order valence-electron chi connectivity index (χ2n) is 6.13. The Kier molecular flexibility index (Phi) is 5.82. The molecule has 0 aliphatic carbocycles. The van der Waals surface area contributed by atoms with Crippen molar-refractivity contribution < 1.29 is 14.3 Å². The van der Waals surface area contributed by atoms with Gasteiger partial charge in [0.15, 0.2) is 0 Å². The molecule has 0 fully saturated rings. The van der Waals surface area contributed by atoms with E-state index in [4.69, 9.17) is 10.00 Å². The molecule has 0 saturated carbocycles. The van der Waals surface area contributed by atoms with E-state index in [2.05, 4.69) is 16.5 Å². The number of hydrogen-bond acceptors (Lipinski definition) is 5. The van der Waals surface area contributed by atoms with E-state index in [0.29, 0.717) is 23.4 Å². The molecular weight excluding hydrogens is 356 g/mol. The van der Waals surface area contributed by atoms with Crippen molar-refractivity contribution in [1.29, 1.82) is 5.26 Å². The molecule has 3 rings (SSSR count). The second-order valence-corrected chi connectivity index (χ2v) is 6.13. The number of benzene rings is 2. The maximum absolute atomic E-state index is 12.6. The maximum atomic E-state index is 12.6. The fraction of sp³-hybridized carbons (Fsp3) is 0.143. The summed E-state index contributed by atoms with van der Waals surface area (Å²) >= 11 is 0. The minimum absolute atomic E-state index is 0.456. The normalized spacial score (nSPS) is 11.3. The van der Waals surface area contributed by atoms with Gasteiger partial charge in [-0.05, 0) is 17.7 Å². The van der Waals surface area contributed by atoms with Crippen LogP contribution >= 0.6 is 0 Å². The molecule has 1 aromatic heterocycles. The van der Waals surface area contributed by atoms with Crippen molar-refractivity contribution in [2.24, 2.45) is 0 Å². The molecule has 0 radical (unpaired) electrons. The van der Waals surface area contributed by atoms with Crippen LogP contribution in [0.3, 0.4) is 0 Å². The van der Waals surface area contributed by atoms with Gasteiger partial charge in [0.05, 0.1) is 30.1 Å². The lowest BCUT2D eigenvalue weighted by Crippen LogP contribution is -2.24. The van der Waals surface area contributed by atoms with Crippen LogP contribution in [-0.2, 0) is 20.9 Å². The van der Waals surface area contributed by atoms with E-state index in [1.807, 2.05) is 18.2 Å². The van der Waals surface area contributed by atoms with Crippen molar-refractivity contribution in [3.8, 4) is 6.07 Å². The SMILES string of the molecule is CC(=O)OC(C(=O)Nc1cnn(Cc2cccc(C#N)c2)c1)c1ccccc1. The molecule has 0 aliphatic rings. The average molecular weight is 374 g/mol. The van der Waals surface area contributed by atoms with Crippen molar-refractivity contribution in [2.45, 2.75) is 19.6 Å². The zero-order valence-electron chi connectivity index (χ0n) is 15.2. The van der Waals surface area contributed by atoms with Gasteiger partial charge in [0.1, 0.15) is 0 Å². The summed E-state index contributed by atoms with van der Waals surface area (Å²) in [5, 5.41) is 15.9. The average Bonchev–Trinajstić information content (AvgIpc) is 3.13. The third kappa shape index (κ3) is 4.83. The number of ether oxygens (including phenoxy) is 1. The summed E-state index contributed by atoms with van der Waals surface area (Å²) in [6.45, 7) is 1.72. The van der Waals surface area contributed by atoms with E-state index in [1.165, 1.54) is 13.1 Å². The summed E-state index contributed by atoms with van der Waals surface area (Å²) in [6, 6.07) is 18.1. The molecule has 7 nitrogen and oxygen atoms in total. The highest BCUT2D eigenvalue weighted by atomic mass is 16.5. The number of amides is 1. The summed E-state index contributed by atoms with van der Waals surface area (Å²) in [4.78, 5) is 24.0. The summed E-state index contributed by atoms with van der Waals surface area (Å²) in [6.07, 6.45) is 2.14. The van der Waals surface area contributed by atoms with Gasteiger partial charge in [-0.3, -0.25) is 14.3 Å². The van der Waals surface area contributed by atoms with Gasteiger partial charge >= 0.3 is 5.97 Å². The van der Waals surface area contributed by atoms with Crippen LogP contribution in [0.1, 0.15) is 29.7 Å². The van der Waals surface area contributed by atoms with Gasteiger partial charge in [0.2, 0.25) is 6.10 Å². The number of carbonyl (C=O) groups is 2. The summed E-state index contributed by atoms with van der Waals surface area (Å²) in [5.41, 5.74) is 2.55. The van der Waals surface area contributed by atoms with Crippen LogP contribution in [0.2, 0.25) is 0 Å². The molecule has 1 amide bonds. The van der Waals surface area contributed by atoms with Crippen molar-refractivity contribution in [1.82, 2.24) is 9.78 Å². The van der Waals surface area contributed by atoms with Gasteiger partial charge in [-0.15, -0.1) is 0 Å². The zero-order chi connectivity index (χ0) is 19.9. The number of nitrogens with zero attached hydrogens (tertiary/aromatic N) is 3. The van der Waals surface area contributed by atoms with Crippen LogP contribution in [0, 0.1) is 11.3 Å². The molecule has 1 N–H and O–H groups in total. The Morgan fingerprint density at radius 3 is 2.71 bits per heavy atom. The number of anilines is 1. The number of esters is 1. The molecule has 28 heavy (non-hydrogen) atoms. The minimum Gasteiger partial charge on any atom is -0.447 e. The Morgan fingerprint density at radius 1 is 1.21 bits per heavy atom. The number of carbonyl (C=O) groups excluding carboxylic acids is 2. The molecule has 0 aliphatic heterocycles. The van der Waals surface area contributed by atoms with E-state index in [0.717, 1.165) is 5.56 Å². The summed E-state index contributed by atoms with van der Waals surface area (Å²) in [5.74, 6) is -1.01. The standard InChI is InChI=1S/C21H18N4O3/c1-15(26)28-20(18-8-3-2-4-9-18)21(27)24-19-12-23-25(14-19)13-17-7-5-6-16(10-17)11-22/h2-10,12,14,20H,13H2,1H3,(H,24,27). The molecule has 1 atom stereocenters. The van der Waals surface area contributed by atoms with Crippen molar-refractivity contribution in [3.05, 3.63) is 83.7 Å². The van der Waals surface area contributed by atoms with E-state index in [-0.39, 0.29) is 0 Å². The van der Waals surface area contributed by atoms with Gasteiger partial charge in [-0.2, -0.15) is 10.4 Å². The Labute approximate surface area is 162 Å². The predicted octanol–water partition coefficient (Wildman–Crippen LogP) is 3.05. The van der Waals surface area contributed by atoms with Crippen LogP contribution in [-0.4, -0.2) is 21.7 Å². The number of nitrogens with one attached hydrogen (secondary N) is 1. The smallest absolute Gasteiger partial charge is 0.303 e. The van der Waals surface area contributed by atoms with Crippen molar-refractivity contribution in [2.75, 3.05) is 5.32 Å². The van der Waals surface area contributed by atoms with Gasteiger partial charge in [-0.25, -0.2) is 0 Å². The first-order chi connectivity index (χ1) is 13.5. The van der Waals surface area contributed by atoms with E-state index in [9.17, 15) is 9.59 Å². The molecule has 0 bridgehead atoms. The molecule has 2 aromatic carbocycles. The lowest BCUT2D eigenvalue weighted by molar-refractivity contribution is -0.152. The predicted molar refractivity (Wildman–Crippen MR) is 102 cm³/mol. The lowest BCUT2D eigenvalue weighted by atomic mass is 10.1. The van der Waals surface area contributed by atoms with Gasteiger partial charge in [0, 0.05) is 18.7 Å². The van der Waals surface area contributed by atoms with E-state index < -0.39 is 18.0 Å². The quantitative estimate of drug-likeness (QED) is 0.669. The molecular formula is C21H18N4O3. The number of rotatable bonds is 6. The van der Waals surface area contributed by atoms with E-state index in [1.54, 1.807) is 47.3 Å². The third-order valence-corrected chi connectivity index (χ3v) is 3.93. The highest BCUT2D eigenvalue weighted by Crippen LogP contribution is 2.20. The Bertz CT molecular complexity index is 1020. The van der Waals surface area contributed by atoms with Gasteiger partial charge < -0.3 is 10.1 Å². The zero-order valence-corrected chi connectivity index (χ0v) is 15.2. The molecule has 1 heterocycles. The monoisotopic (exact) mass is 374 g/mol. The number of nitriles is 1. The molecule has 1 unspecified atom stereocenters. The summed E-state index contributed by atoms with van der Waals surface area (Å²) < 4.78 is 6.84. The van der Waals surface area contributed by atoms with Crippen LogP contribution in [0.5, 0.6) is 0 Å². The molecule has 0 saturated heterocycles. The number of hydrogen-bond donors (Lipinski definition) is 1. The molecule has 0 spiro atoms. The number of aromatic nitrogens is 2. The Morgan fingerprint density at radius 2 is 2.00 bits per heavy atom. The highest BCUT2D eigenvalue weighted by molar-refractivity contribution is 5.95. The lowest BCUT2D eigenvalue weighted by Gasteiger charge is -2.16. The second kappa shape index (κ2) is 8.64. The Balaban J connectivity index is 1.71. The first-order valence-corrected chi connectivity index (χ1v) is 8.59. The van der Waals surface area contributed by atoms with Crippen molar-refractivity contribution >= 4 is 17.6 Å². The minimum atomic E-state index is -1.05. The molecule has 140 valence electrons. The highest BCUT2D eigenvalue weighted by Gasteiger charge is 2.24. The Hall–Kier alpha value is -3.92. The van der Waals surface area contributed by atoms with Gasteiger partial charge in [0.25, 0.3) is 5.91 Å². The van der Waals surface area contributed by atoms with Crippen LogP contribution in [0.4, 0.5) is 5.69 Å². The van der Waals surface area contributed by atoms with E-state index >= 15 is 0 Å². The molecule has 7 heteroatoms. The molecule has 3 aromatic rings. The third-order valence-electron chi connectivity index (χ3n) is 3.93.